The van der Waals surface area contributed by atoms with Gasteiger partial charge in [0.1, 0.15) is 0 Å². The summed E-state index contributed by atoms with van der Waals surface area (Å²) in [5.41, 5.74) is -0.0284. The molecule has 3 unspecified atom stereocenters. The van der Waals surface area contributed by atoms with Gasteiger partial charge in [-0.2, -0.15) is 0 Å². The number of nitrogens with zero attached hydrogens (tertiary/aromatic N) is 1. The third-order valence-corrected chi connectivity index (χ3v) is 4.79. The zero-order chi connectivity index (χ0) is 13.2. The SMILES string of the molecule is CC(C)NC1(CO)CCCC(N2CCCC2C)C1. The topological polar surface area (TPSA) is 35.5 Å². The summed E-state index contributed by atoms with van der Waals surface area (Å²) in [5, 5.41) is 13.5. The second kappa shape index (κ2) is 5.89. The first kappa shape index (κ1) is 14.3. The van der Waals surface area contributed by atoms with E-state index in [0.29, 0.717) is 12.1 Å². The van der Waals surface area contributed by atoms with E-state index in [1.54, 1.807) is 0 Å². The molecule has 1 saturated heterocycles. The van der Waals surface area contributed by atoms with Crippen LogP contribution < -0.4 is 5.32 Å². The van der Waals surface area contributed by atoms with Crippen LogP contribution >= 0.6 is 0 Å². The van der Waals surface area contributed by atoms with E-state index in [1.165, 1.54) is 32.2 Å². The van der Waals surface area contributed by atoms with Crippen molar-refractivity contribution in [3.8, 4) is 0 Å². The van der Waals surface area contributed by atoms with E-state index in [-0.39, 0.29) is 12.1 Å². The van der Waals surface area contributed by atoms with Crippen LogP contribution in [0.1, 0.15) is 59.3 Å². The van der Waals surface area contributed by atoms with Gasteiger partial charge in [-0.1, -0.05) is 13.8 Å². The first-order valence-electron chi connectivity index (χ1n) is 7.70. The van der Waals surface area contributed by atoms with E-state index in [0.717, 1.165) is 18.9 Å². The quantitative estimate of drug-likeness (QED) is 0.807. The minimum Gasteiger partial charge on any atom is -0.394 e. The van der Waals surface area contributed by atoms with Crippen LogP contribution in [0.2, 0.25) is 0 Å². The van der Waals surface area contributed by atoms with Gasteiger partial charge in [0.15, 0.2) is 0 Å². The van der Waals surface area contributed by atoms with Crippen molar-refractivity contribution in [3.05, 3.63) is 0 Å². The first-order valence-corrected chi connectivity index (χ1v) is 7.70. The van der Waals surface area contributed by atoms with Gasteiger partial charge in [0.2, 0.25) is 0 Å². The highest BCUT2D eigenvalue weighted by atomic mass is 16.3. The minimum atomic E-state index is -0.0284. The molecule has 1 heterocycles. The molecular formula is C15H30N2O. The summed E-state index contributed by atoms with van der Waals surface area (Å²) >= 11 is 0. The molecule has 3 atom stereocenters. The average Bonchev–Trinajstić information content (AvgIpc) is 2.75. The largest absolute Gasteiger partial charge is 0.394 e. The van der Waals surface area contributed by atoms with Crippen LogP contribution in [0.4, 0.5) is 0 Å². The second-order valence-corrected chi connectivity index (χ2v) is 6.72. The molecule has 0 amide bonds. The number of likely N-dealkylation sites (tertiary alicyclic amines) is 1. The lowest BCUT2D eigenvalue weighted by Crippen LogP contribution is -2.58. The van der Waals surface area contributed by atoms with Gasteiger partial charge in [0, 0.05) is 23.7 Å². The number of rotatable bonds is 4. The lowest BCUT2D eigenvalue weighted by molar-refractivity contribution is 0.0516. The number of aliphatic hydroxyl groups excluding tert-OH is 1. The van der Waals surface area contributed by atoms with Crippen LogP contribution in [0.25, 0.3) is 0 Å². The molecule has 3 heteroatoms. The summed E-state index contributed by atoms with van der Waals surface area (Å²) in [5.74, 6) is 0. The fraction of sp³-hybridized carbons (Fsp3) is 1.00. The molecule has 2 fully saturated rings. The Bertz CT molecular complexity index is 269. The lowest BCUT2D eigenvalue weighted by Gasteiger charge is -2.45. The van der Waals surface area contributed by atoms with Gasteiger partial charge in [-0.15, -0.1) is 0 Å². The molecule has 1 saturated carbocycles. The van der Waals surface area contributed by atoms with E-state index in [4.69, 9.17) is 0 Å². The zero-order valence-electron chi connectivity index (χ0n) is 12.3. The number of nitrogens with one attached hydrogen (secondary N) is 1. The fourth-order valence-electron chi connectivity index (χ4n) is 4.04. The Labute approximate surface area is 112 Å². The predicted molar refractivity (Wildman–Crippen MR) is 75.7 cm³/mol. The Hall–Kier alpha value is -0.120. The summed E-state index contributed by atoms with van der Waals surface area (Å²) < 4.78 is 0. The molecule has 0 spiro atoms. The van der Waals surface area contributed by atoms with Gasteiger partial charge in [0.25, 0.3) is 0 Å². The third-order valence-electron chi connectivity index (χ3n) is 4.79. The number of hydrogen-bond acceptors (Lipinski definition) is 3. The van der Waals surface area contributed by atoms with Crippen molar-refractivity contribution in [2.24, 2.45) is 0 Å². The van der Waals surface area contributed by atoms with Crippen LogP contribution in [0.15, 0.2) is 0 Å². The molecule has 3 nitrogen and oxygen atoms in total. The summed E-state index contributed by atoms with van der Waals surface area (Å²) in [6, 6.07) is 1.87. The lowest BCUT2D eigenvalue weighted by atomic mass is 9.78. The van der Waals surface area contributed by atoms with E-state index in [1.807, 2.05) is 0 Å². The highest BCUT2D eigenvalue weighted by Gasteiger charge is 2.40. The maximum Gasteiger partial charge on any atom is 0.0613 e. The summed E-state index contributed by atoms with van der Waals surface area (Å²) in [7, 11) is 0. The van der Waals surface area contributed by atoms with Crippen molar-refractivity contribution in [2.75, 3.05) is 13.2 Å². The van der Waals surface area contributed by atoms with Gasteiger partial charge < -0.3 is 10.4 Å². The number of aliphatic hydroxyl groups is 1. The van der Waals surface area contributed by atoms with Gasteiger partial charge in [-0.05, 0) is 52.0 Å². The smallest absolute Gasteiger partial charge is 0.0613 e. The van der Waals surface area contributed by atoms with E-state index in [9.17, 15) is 5.11 Å². The van der Waals surface area contributed by atoms with Crippen molar-refractivity contribution < 1.29 is 5.11 Å². The molecule has 0 aromatic heterocycles. The highest BCUT2D eigenvalue weighted by molar-refractivity contribution is 4.98. The van der Waals surface area contributed by atoms with Gasteiger partial charge in [0.05, 0.1) is 6.61 Å². The number of hydrogen-bond donors (Lipinski definition) is 2. The average molecular weight is 254 g/mol. The molecule has 106 valence electrons. The predicted octanol–water partition coefficient (Wildman–Crippen LogP) is 2.14. The Morgan fingerprint density at radius 1 is 1.33 bits per heavy atom. The Morgan fingerprint density at radius 3 is 2.67 bits per heavy atom. The Morgan fingerprint density at radius 2 is 2.11 bits per heavy atom. The molecule has 2 aliphatic rings. The van der Waals surface area contributed by atoms with Gasteiger partial charge in [-0.25, -0.2) is 0 Å². The highest BCUT2D eigenvalue weighted by Crippen LogP contribution is 2.34. The van der Waals surface area contributed by atoms with Crippen molar-refractivity contribution in [3.63, 3.8) is 0 Å². The van der Waals surface area contributed by atoms with Gasteiger partial charge >= 0.3 is 0 Å². The van der Waals surface area contributed by atoms with Crippen molar-refractivity contribution in [1.82, 2.24) is 10.2 Å². The molecule has 1 aliphatic carbocycles. The first-order chi connectivity index (χ1) is 8.56. The van der Waals surface area contributed by atoms with Crippen molar-refractivity contribution in [1.29, 1.82) is 0 Å². The maximum atomic E-state index is 9.84. The standard InChI is InChI=1S/C15H30N2O/c1-12(2)16-15(11-18)8-4-7-14(10-15)17-9-5-6-13(17)3/h12-14,16,18H,4-11H2,1-3H3. The van der Waals surface area contributed by atoms with E-state index < -0.39 is 0 Å². The van der Waals surface area contributed by atoms with Crippen LogP contribution in [0.3, 0.4) is 0 Å². The third kappa shape index (κ3) is 3.06. The molecular weight excluding hydrogens is 224 g/mol. The molecule has 0 aromatic carbocycles. The molecule has 18 heavy (non-hydrogen) atoms. The second-order valence-electron chi connectivity index (χ2n) is 6.72. The van der Waals surface area contributed by atoms with Crippen molar-refractivity contribution in [2.45, 2.75) is 83.0 Å². The molecule has 0 aromatic rings. The Balaban J connectivity index is 2.02. The molecule has 2 N–H and O–H groups in total. The van der Waals surface area contributed by atoms with Crippen LogP contribution in [0.5, 0.6) is 0 Å². The molecule has 0 radical (unpaired) electrons. The summed E-state index contributed by atoms with van der Waals surface area (Å²) in [6.07, 6.45) is 7.49. The van der Waals surface area contributed by atoms with Crippen LogP contribution in [0, 0.1) is 0 Å². The maximum absolute atomic E-state index is 9.84. The minimum absolute atomic E-state index is 0.0284. The molecule has 1 aliphatic heterocycles. The van der Waals surface area contributed by atoms with Crippen molar-refractivity contribution >= 4 is 0 Å². The van der Waals surface area contributed by atoms with Crippen LogP contribution in [-0.2, 0) is 0 Å². The normalized spacial score (nSPS) is 38.5. The van der Waals surface area contributed by atoms with E-state index in [2.05, 4.69) is 31.0 Å². The van der Waals surface area contributed by atoms with Crippen LogP contribution in [-0.4, -0.2) is 46.8 Å². The molecule has 0 bridgehead atoms. The zero-order valence-corrected chi connectivity index (χ0v) is 12.3. The van der Waals surface area contributed by atoms with E-state index >= 15 is 0 Å². The van der Waals surface area contributed by atoms with Gasteiger partial charge in [-0.3, -0.25) is 4.90 Å². The monoisotopic (exact) mass is 254 g/mol. The fourth-order valence-corrected chi connectivity index (χ4v) is 4.04. The Kier molecular flexibility index (Phi) is 4.68. The molecule has 2 rings (SSSR count). The summed E-state index contributed by atoms with van der Waals surface area (Å²) in [6.45, 7) is 8.26. The summed E-state index contributed by atoms with van der Waals surface area (Å²) in [4.78, 5) is 2.69.